The quantitative estimate of drug-likeness (QED) is 0.897. The highest BCUT2D eigenvalue weighted by atomic mass is 32.2. The van der Waals surface area contributed by atoms with Crippen LogP contribution in [0.4, 0.5) is 0 Å². The van der Waals surface area contributed by atoms with E-state index in [1.54, 1.807) is 19.9 Å². The third-order valence-electron chi connectivity index (χ3n) is 3.63. The smallest absolute Gasteiger partial charge is 0.249 e. The molecule has 1 amide bonds. The highest BCUT2D eigenvalue weighted by Crippen LogP contribution is 2.24. The molecule has 0 bridgehead atoms. The maximum absolute atomic E-state index is 12.7. The van der Waals surface area contributed by atoms with Crippen LogP contribution in [0.1, 0.15) is 29.8 Å². The van der Waals surface area contributed by atoms with Crippen molar-refractivity contribution >= 4 is 15.9 Å². The molecule has 21 heavy (non-hydrogen) atoms. The van der Waals surface area contributed by atoms with Gasteiger partial charge in [-0.1, -0.05) is 6.07 Å². The molecule has 0 aliphatic carbocycles. The molecular weight excluding hydrogens is 292 g/mol. The molecule has 1 saturated heterocycles. The minimum Gasteiger partial charge on any atom is -0.375 e. The lowest BCUT2D eigenvalue weighted by atomic mass is 10.1. The Labute approximate surface area is 124 Å². The molecule has 116 valence electrons. The highest BCUT2D eigenvalue weighted by molar-refractivity contribution is 7.89. The molecule has 1 aromatic carbocycles. The van der Waals surface area contributed by atoms with Gasteiger partial charge in [-0.25, -0.2) is 8.42 Å². The average Bonchev–Trinajstić information content (AvgIpc) is 2.41. The number of rotatable bonds is 3. The fraction of sp³-hybridized carbons (Fsp3) is 0.500. The van der Waals surface area contributed by atoms with Gasteiger partial charge in [-0.05, 0) is 38.5 Å². The Kier molecular flexibility index (Phi) is 4.36. The molecule has 7 heteroatoms. The zero-order valence-electron chi connectivity index (χ0n) is 12.4. The molecule has 1 aliphatic rings. The molecule has 6 nitrogen and oxygen atoms in total. The van der Waals surface area contributed by atoms with Crippen molar-refractivity contribution in [2.24, 2.45) is 5.73 Å². The number of carbonyl (C=O) groups is 1. The Bertz CT molecular complexity index is 657. The van der Waals surface area contributed by atoms with Gasteiger partial charge in [-0.15, -0.1) is 0 Å². The summed E-state index contributed by atoms with van der Waals surface area (Å²) in [6.45, 7) is 6.00. The second-order valence-electron chi connectivity index (χ2n) is 5.41. The van der Waals surface area contributed by atoms with E-state index in [1.165, 1.54) is 16.4 Å². The Balaban J connectivity index is 2.44. The molecule has 2 rings (SSSR count). The van der Waals surface area contributed by atoms with E-state index in [4.69, 9.17) is 10.5 Å². The van der Waals surface area contributed by atoms with Crippen LogP contribution in [0.2, 0.25) is 0 Å². The van der Waals surface area contributed by atoms with Gasteiger partial charge in [-0.3, -0.25) is 4.79 Å². The number of nitrogens with two attached hydrogens (primary N) is 1. The van der Waals surface area contributed by atoms with Crippen molar-refractivity contribution in [1.29, 1.82) is 0 Å². The molecule has 0 spiro atoms. The zero-order chi connectivity index (χ0) is 15.8. The lowest BCUT2D eigenvalue weighted by molar-refractivity contribution is -0.0170. The fourth-order valence-corrected chi connectivity index (χ4v) is 4.09. The van der Waals surface area contributed by atoms with E-state index >= 15 is 0 Å². The zero-order valence-corrected chi connectivity index (χ0v) is 13.2. The average molecular weight is 312 g/mol. The number of hydrogen-bond acceptors (Lipinski definition) is 4. The summed E-state index contributed by atoms with van der Waals surface area (Å²) in [7, 11) is -3.67. The highest BCUT2D eigenvalue weighted by Gasteiger charge is 2.34. The number of carbonyl (C=O) groups excluding carboxylic acids is 1. The van der Waals surface area contributed by atoms with E-state index in [2.05, 4.69) is 0 Å². The number of hydrogen-bond donors (Lipinski definition) is 1. The summed E-state index contributed by atoms with van der Waals surface area (Å²) < 4.78 is 32.4. The van der Waals surface area contributed by atoms with Crippen molar-refractivity contribution in [3.05, 3.63) is 29.3 Å². The van der Waals surface area contributed by atoms with Gasteiger partial charge in [0.15, 0.2) is 0 Å². The SMILES string of the molecule is Cc1ccc(S(=O)(=O)N2C[C@H](C)OC[C@H]2C)cc1C(N)=O. The summed E-state index contributed by atoms with van der Waals surface area (Å²) in [5, 5.41) is 0. The summed E-state index contributed by atoms with van der Waals surface area (Å²) in [4.78, 5) is 11.5. The number of nitrogens with zero attached hydrogens (tertiary/aromatic N) is 1. The molecule has 1 aromatic rings. The van der Waals surface area contributed by atoms with E-state index in [0.717, 1.165) is 0 Å². The van der Waals surface area contributed by atoms with Crippen molar-refractivity contribution in [2.75, 3.05) is 13.2 Å². The number of benzene rings is 1. The van der Waals surface area contributed by atoms with Crippen LogP contribution in [-0.2, 0) is 14.8 Å². The van der Waals surface area contributed by atoms with Gasteiger partial charge in [-0.2, -0.15) is 4.31 Å². The monoisotopic (exact) mass is 312 g/mol. The van der Waals surface area contributed by atoms with Gasteiger partial charge in [0, 0.05) is 18.2 Å². The van der Waals surface area contributed by atoms with E-state index in [0.29, 0.717) is 18.7 Å². The van der Waals surface area contributed by atoms with Crippen molar-refractivity contribution in [2.45, 2.75) is 37.8 Å². The van der Waals surface area contributed by atoms with Crippen LogP contribution in [0.15, 0.2) is 23.1 Å². The first-order chi connectivity index (χ1) is 9.73. The third-order valence-corrected chi connectivity index (χ3v) is 5.61. The number of amides is 1. The van der Waals surface area contributed by atoms with Crippen molar-refractivity contribution in [3.8, 4) is 0 Å². The molecule has 0 unspecified atom stereocenters. The van der Waals surface area contributed by atoms with Gasteiger partial charge < -0.3 is 10.5 Å². The topological polar surface area (TPSA) is 89.7 Å². The van der Waals surface area contributed by atoms with E-state index in [-0.39, 0.29) is 22.6 Å². The normalized spacial score (nSPS) is 24.0. The van der Waals surface area contributed by atoms with Crippen molar-refractivity contribution in [1.82, 2.24) is 4.31 Å². The van der Waals surface area contributed by atoms with Crippen molar-refractivity contribution in [3.63, 3.8) is 0 Å². The minimum absolute atomic E-state index is 0.0860. The largest absolute Gasteiger partial charge is 0.375 e. The van der Waals surface area contributed by atoms with E-state index in [9.17, 15) is 13.2 Å². The number of ether oxygens (including phenoxy) is 1. The number of aryl methyl sites for hydroxylation is 1. The summed E-state index contributed by atoms with van der Waals surface area (Å²) in [6, 6.07) is 4.20. The second-order valence-corrected chi connectivity index (χ2v) is 7.30. The fourth-order valence-electron chi connectivity index (χ4n) is 2.37. The lowest BCUT2D eigenvalue weighted by Crippen LogP contribution is -2.50. The van der Waals surface area contributed by atoms with Gasteiger partial charge in [0.1, 0.15) is 0 Å². The van der Waals surface area contributed by atoms with Crippen LogP contribution in [-0.4, -0.2) is 43.9 Å². The van der Waals surface area contributed by atoms with Crippen LogP contribution >= 0.6 is 0 Å². The summed E-state index contributed by atoms with van der Waals surface area (Å²) in [5.74, 6) is -0.632. The third kappa shape index (κ3) is 3.09. The Morgan fingerprint density at radius 1 is 1.38 bits per heavy atom. The lowest BCUT2D eigenvalue weighted by Gasteiger charge is -2.35. The number of primary amides is 1. The first-order valence-electron chi connectivity index (χ1n) is 6.77. The number of morpholine rings is 1. The summed E-state index contributed by atoms with van der Waals surface area (Å²) in [6.07, 6.45) is -0.156. The Morgan fingerprint density at radius 2 is 2.05 bits per heavy atom. The van der Waals surface area contributed by atoms with Crippen LogP contribution in [0.3, 0.4) is 0 Å². The summed E-state index contributed by atoms with van der Waals surface area (Å²) in [5.41, 5.74) is 6.17. The van der Waals surface area contributed by atoms with E-state index in [1.807, 2.05) is 6.92 Å². The van der Waals surface area contributed by atoms with E-state index < -0.39 is 15.9 Å². The molecule has 1 fully saturated rings. The van der Waals surface area contributed by atoms with Crippen LogP contribution in [0, 0.1) is 6.92 Å². The minimum atomic E-state index is -3.67. The van der Waals surface area contributed by atoms with Gasteiger partial charge in [0.2, 0.25) is 15.9 Å². The molecular formula is C14H20N2O4S. The Morgan fingerprint density at radius 3 is 2.67 bits per heavy atom. The first-order valence-corrected chi connectivity index (χ1v) is 8.21. The molecule has 0 radical (unpaired) electrons. The van der Waals surface area contributed by atoms with Crippen LogP contribution in [0.5, 0.6) is 0 Å². The van der Waals surface area contributed by atoms with Crippen LogP contribution in [0.25, 0.3) is 0 Å². The Hall–Kier alpha value is -1.44. The summed E-state index contributed by atoms with van der Waals surface area (Å²) >= 11 is 0. The molecule has 1 heterocycles. The predicted molar refractivity (Wildman–Crippen MR) is 78.5 cm³/mol. The first kappa shape index (κ1) is 15.9. The standard InChI is InChI=1S/C14H20N2O4S/c1-9-4-5-12(6-13(9)14(15)17)21(18,19)16-7-11(3)20-8-10(16)2/h4-6,10-11H,7-8H2,1-3H3,(H2,15,17)/t10-,11+/m1/s1. The predicted octanol–water partition coefficient (Wildman–Crippen LogP) is 0.892. The number of sulfonamides is 1. The second kappa shape index (κ2) is 5.75. The maximum Gasteiger partial charge on any atom is 0.249 e. The van der Waals surface area contributed by atoms with Gasteiger partial charge >= 0.3 is 0 Å². The molecule has 0 saturated carbocycles. The molecule has 2 N–H and O–H groups in total. The molecule has 1 aliphatic heterocycles. The molecule has 2 atom stereocenters. The van der Waals surface area contributed by atoms with Gasteiger partial charge in [0.25, 0.3) is 0 Å². The van der Waals surface area contributed by atoms with Crippen molar-refractivity contribution < 1.29 is 17.9 Å². The van der Waals surface area contributed by atoms with Gasteiger partial charge in [0.05, 0.1) is 17.6 Å². The maximum atomic E-state index is 12.7. The molecule has 0 aromatic heterocycles. The van der Waals surface area contributed by atoms with Crippen LogP contribution < -0.4 is 5.73 Å².